The molecule has 3 N–H and O–H groups in total. The highest BCUT2D eigenvalue weighted by molar-refractivity contribution is 5.51. The third-order valence-electron chi connectivity index (χ3n) is 3.79. The lowest BCUT2D eigenvalue weighted by Gasteiger charge is -2.21. The van der Waals surface area contributed by atoms with Crippen LogP contribution in [-0.2, 0) is 6.54 Å². The molecule has 0 spiro atoms. The molecule has 0 aromatic heterocycles. The van der Waals surface area contributed by atoms with Crippen molar-refractivity contribution in [2.75, 3.05) is 5.73 Å². The van der Waals surface area contributed by atoms with Gasteiger partial charge in [0.15, 0.2) is 0 Å². The van der Waals surface area contributed by atoms with Gasteiger partial charge >= 0.3 is 0 Å². The molecule has 3 rings (SSSR count). The van der Waals surface area contributed by atoms with Crippen molar-refractivity contribution in [3.8, 4) is 0 Å². The zero-order valence-electron chi connectivity index (χ0n) is 12.4. The number of hydrogen-bond donors (Lipinski definition) is 2. The standard InChI is InChI=1S/C20H20N2/c21-19-14-8-7-13-18(19)20(17-11-5-2-6-12-17)22-15-16-9-3-1-4-10-16/h1-14,20,22H,15,21H2/t20-/m0/s1. The fraction of sp³-hybridized carbons (Fsp3) is 0.100. The number of nitrogens with two attached hydrogens (primary N) is 1. The number of hydrogen-bond acceptors (Lipinski definition) is 2. The summed E-state index contributed by atoms with van der Waals surface area (Å²) in [5.74, 6) is 0. The number of anilines is 1. The first-order valence-corrected chi connectivity index (χ1v) is 7.51. The molecule has 0 radical (unpaired) electrons. The van der Waals surface area contributed by atoms with Crippen LogP contribution >= 0.6 is 0 Å². The molecule has 0 bridgehead atoms. The molecule has 0 heterocycles. The smallest absolute Gasteiger partial charge is 0.0599 e. The van der Waals surface area contributed by atoms with E-state index in [-0.39, 0.29) is 6.04 Å². The van der Waals surface area contributed by atoms with Gasteiger partial charge in [0.2, 0.25) is 0 Å². The first kappa shape index (κ1) is 14.4. The second-order valence-electron chi connectivity index (χ2n) is 5.34. The molecule has 1 atom stereocenters. The van der Waals surface area contributed by atoms with Crippen molar-refractivity contribution in [1.29, 1.82) is 0 Å². The zero-order valence-corrected chi connectivity index (χ0v) is 12.4. The van der Waals surface area contributed by atoms with Gasteiger partial charge in [-0.25, -0.2) is 0 Å². The number of nitrogen functional groups attached to an aromatic ring is 1. The molecule has 22 heavy (non-hydrogen) atoms. The Hall–Kier alpha value is -2.58. The van der Waals surface area contributed by atoms with E-state index in [1.165, 1.54) is 11.1 Å². The van der Waals surface area contributed by atoms with Gasteiger partial charge in [0.1, 0.15) is 0 Å². The Bertz CT molecular complexity index is 708. The molecule has 2 nitrogen and oxygen atoms in total. The summed E-state index contributed by atoms with van der Waals surface area (Å²) in [6, 6.07) is 29.0. The largest absolute Gasteiger partial charge is 0.398 e. The van der Waals surface area contributed by atoms with Crippen LogP contribution in [0.15, 0.2) is 84.9 Å². The Morgan fingerprint density at radius 1 is 0.727 bits per heavy atom. The zero-order chi connectivity index (χ0) is 15.2. The summed E-state index contributed by atoms with van der Waals surface area (Å²) in [6.45, 7) is 0.800. The molecular weight excluding hydrogens is 268 g/mol. The van der Waals surface area contributed by atoms with Crippen LogP contribution in [0.25, 0.3) is 0 Å². The Morgan fingerprint density at radius 3 is 2.00 bits per heavy atom. The van der Waals surface area contributed by atoms with E-state index < -0.39 is 0 Å². The number of rotatable bonds is 5. The van der Waals surface area contributed by atoms with Crippen LogP contribution in [-0.4, -0.2) is 0 Å². The predicted octanol–water partition coefficient (Wildman–Crippen LogP) is 4.15. The Balaban J connectivity index is 1.89. The molecule has 3 aromatic carbocycles. The maximum Gasteiger partial charge on any atom is 0.0599 e. The molecule has 0 amide bonds. The number of benzene rings is 3. The quantitative estimate of drug-likeness (QED) is 0.692. The highest BCUT2D eigenvalue weighted by atomic mass is 14.9. The van der Waals surface area contributed by atoms with Crippen LogP contribution < -0.4 is 11.1 Å². The van der Waals surface area contributed by atoms with Crippen molar-refractivity contribution in [2.24, 2.45) is 0 Å². The van der Waals surface area contributed by atoms with Gasteiger partial charge in [-0.3, -0.25) is 0 Å². The molecule has 2 heteroatoms. The third-order valence-corrected chi connectivity index (χ3v) is 3.79. The van der Waals surface area contributed by atoms with E-state index in [2.05, 4.69) is 59.9 Å². The van der Waals surface area contributed by atoms with Gasteiger partial charge in [0.25, 0.3) is 0 Å². The molecular formula is C20H20N2. The first-order valence-electron chi connectivity index (χ1n) is 7.51. The fourth-order valence-corrected chi connectivity index (χ4v) is 2.64. The molecule has 0 aliphatic rings. The average Bonchev–Trinajstić information content (AvgIpc) is 2.58. The van der Waals surface area contributed by atoms with Gasteiger partial charge in [-0.2, -0.15) is 0 Å². The summed E-state index contributed by atoms with van der Waals surface area (Å²) >= 11 is 0. The summed E-state index contributed by atoms with van der Waals surface area (Å²) < 4.78 is 0. The second kappa shape index (κ2) is 6.92. The van der Waals surface area contributed by atoms with Crippen molar-refractivity contribution in [3.05, 3.63) is 102 Å². The molecule has 0 aliphatic carbocycles. The van der Waals surface area contributed by atoms with E-state index in [9.17, 15) is 0 Å². The molecule has 0 aliphatic heterocycles. The van der Waals surface area contributed by atoms with Crippen molar-refractivity contribution in [2.45, 2.75) is 12.6 Å². The summed E-state index contributed by atoms with van der Waals surface area (Å²) in [5, 5.41) is 3.63. The SMILES string of the molecule is Nc1ccccc1[C@@H](NCc1ccccc1)c1ccccc1. The van der Waals surface area contributed by atoms with Gasteiger partial charge in [-0.05, 0) is 22.8 Å². The first-order chi connectivity index (χ1) is 10.8. The summed E-state index contributed by atoms with van der Waals surface area (Å²) in [7, 11) is 0. The number of para-hydroxylation sites is 1. The number of nitrogens with one attached hydrogen (secondary N) is 1. The van der Waals surface area contributed by atoms with E-state index in [0.29, 0.717) is 0 Å². The lowest BCUT2D eigenvalue weighted by atomic mass is 9.97. The summed E-state index contributed by atoms with van der Waals surface area (Å²) in [5.41, 5.74) is 10.6. The van der Waals surface area contributed by atoms with Crippen LogP contribution in [0, 0.1) is 0 Å². The van der Waals surface area contributed by atoms with Crippen LogP contribution in [0.3, 0.4) is 0 Å². The van der Waals surface area contributed by atoms with Crippen molar-refractivity contribution in [1.82, 2.24) is 5.32 Å². The minimum atomic E-state index is 0.0857. The van der Waals surface area contributed by atoms with Crippen LogP contribution in [0.4, 0.5) is 5.69 Å². The lowest BCUT2D eigenvalue weighted by Crippen LogP contribution is -2.23. The monoisotopic (exact) mass is 288 g/mol. The van der Waals surface area contributed by atoms with E-state index in [0.717, 1.165) is 17.8 Å². The average molecular weight is 288 g/mol. The van der Waals surface area contributed by atoms with Crippen molar-refractivity contribution < 1.29 is 0 Å². The minimum Gasteiger partial charge on any atom is -0.398 e. The Morgan fingerprint density at radius 2 is 1.32 bits per heavy atom. The van der Waals surface area contributed by atoms with E-state index >= 15 is 0 Å². The highest BCUT2D eigenvalue weighted by Crippen LogP contribution is 2.26. The second-order valence-corrected chi connectivity index (χ2v) is 5.34. The summed E-state index contributed by atoms with van der Waals surface area (Å²) in [6.07, 6.45) is 0. The molecule has 0 fully saturated rings. The molecule has 110 valence electrons. The van der Waals surface area contributed by atoms with Crippen molar-refractivity contribution >= 4 is 5.69 Å². The molecule has 3 aromatic rings. The Labute approximate surface area is 131 Å². The van der Waals surface area contributed by atoms with Gasteiger partial charge in [0.05, 0.1) is 6.04 Å². The van der Waals surface area contributed by atoms with Gasteiger partial charge in [0, 0.05) is 12.2 Å². The topological polar surface area (TPSA) is 38.0 Å². The summed E-state index contributed by atoms with van der Waals surface area (Å²) in [4.78, 5) is 0. The van der Waals surface area contributed by atoms with Crippen LogP contribution in [0.1, 0.15) is 22.7 Å². The van der Waals surface area contributed by atoms with E-state index in [4.69, 9.17) is 5.73 Å². The predicted molar refractivity (Wildman–Crippen MR) is 92.4 cm³/mol. The lowest BCUT2D eigenvalue weighted by molar-refractivity contribution is 0.606. The highest BCUT2D eigenvalue weighted by Gasteiger charge is 2.15. The van der Waals surface area contributed by atoms with Crippen molar-refractivity contribution in [3.63, 3.8) is 0 Å². The van der Waals surface area contributed by atoms with Crippen LogP contribution in [0.5, 0.6) is 0 Å². The molecule has 0 saturated carbocycles. The van der Waals surface area contributed by atoms with Gasteiger partial charge in [-0.1, -0.05) is 78.9 Å². The molecule has 0 unspecified atom stereocenters. The maximum atomic E-state index is 6.19. The van der Waals surface area contributed by atoms with Crippen LogP contribution in [0.2, 0.25) is 0 Å². The maximum absolute atomic E-state index is 6.19. The normalized spacial score (nSPS) is 12.0. The van der Waals surface area contributed by atoms with Gasteiger partial charge < -0.3 is 11.1 Å². The molecule has 0 saturated heterocycles. The van der Waals surface area contributed by atoms with E-state index in [1.807, 2.05) is 30.3 Å². The third kappa shape index (κ3) is 3.35. The minimum absolute atomic E-state index is 0.0857. The van der Waals surface area contributed by atoms with Gasteiger partial charge in [-0.15, -0.1) is 0 Å². The fourth-order valence-electron chi connectivity index (χ4n) is 2.64. The Kier molecular flexibility index (Phi) is 4.52. The van der Waals surface area contributed by atoms with E-state index in [1.54, 1.807) is 0 Å².